The quantitative estimate of drug-likeness (QED) is 0.909. The first-order valence-electron chi connectivity index (χ1n) is 6.85. The van der Waals surface area contributed by atoms with E-state index in [2.05, 4.69) is 0 Å². The summed E-state index contributed by atoms with van der Waals surface area (Å²) >= 11 is 0. The first kappa shape index (κ1) is 15.4. The molecule has 0 aliphatic carbocycles. The third-order valence-corrected chi connectivity index (χ3v) is 3.56. The highest BCUT2D eigenvalue weighted by atomic mass is 19.1. The lowest BCUT2D eigenvalue weighted by Gasteiger charge is -2.32. The molecular weight excluding hydrogens is 277 g/mol. The van der Waals surface area contributed by atoms with Gasteiger partial charge < -0.3 is 14.7 Å². The van der Waals surface area contributed by atoms with E-state index in [1.807, 2.05) is 0 Å². The molecule has 6 heteroatoms. The monoisotopic (exact) mass is 295 g/mol. The molecule has 0 saturated carbocycles. The Hall–Kier alpha value is -1.95. The van der Waals surface area contributed by atoms with Crippen molar-refractivity contribution in [3.8, 4) is 0 Å². The van der Waals surface area contributed by atoms with Gasteiger partial charge in [-0.2, -0.15) is 0 Å². The molecule has 1 aliphatic heterocycles. The number of carboxylic acids is 1. The van der Waals surface area contributed by atoms with Gasteiger partial charge in [-0.3, -0.25) is 4.79 Å². The van der Waals surface area contributed by atoms with E-state index in [1.54, 1.807) is 25.1 Å². The van der Waals surface area contributed by atoms with Crippen LogP contribution in [-0.4, -0.2) is 47.7 Å². The third kappa shape index (κ3) is 3.78. The Kier molecular flexibility index (Phi) is 4.90. The van der Waals surface area contributed by atoms with Gasteiger partial charge in [0.05, 0.1) is 13.2 Å². The van der Waals surface area contributed by atoms with Gasteiger partial charge >= 0.3 is 5.97 Å². The van der Waals surface area contributed by atoms with Crippen LogP contribution >= 0.6 is 0 Å². The van der Waals surface area contributed by atoms with Crippen LogP contribution in [0.2, 0.25) is 0 Å². The molecule has 1 N–H and O–H groups in total. The van der Waals surface area contributed by atoms with Gasteiger partial charge in [-0.15, -0.1) is 0 Å². The van der Waals surface area contributed by atoms with E-state index in [0.29, 0.717) is 18.5 Å². The fourth-order valence-electron chi connectivity index (χ4n) is 2.39. The maximum Gasteiger partial charge on any atom is 0.334 e. The van der Waals surface area contributed by atoms with Crippen LogP contribution in [0.1, 0.15) is 12.5 Å². The highest BCUT2D eigenvalue weighted by Crippen LogP contribution is 2.16. The zero-order valence-corrected chi connectivity index (χ0v) is 11.8. The second-order valence-electron chi connectivity index (χ2n) is 5.18. The minimum Gasteiger partial charge on any atom is -0.479 e. The van der Waals surface area contributed by atoms with Gasteiger partial charge in [0.2, 0.25) is 5.91 Å². The van der Waals surface area contributed by atoms with E-state index in [4.69, 9.17) is 9.84 Å². The van der Waals surface area contributed by atoms with Crippen LogP contribution in [0, 0.1) is 11.7 Å². The van der Waals surface area contributed by atoms with Crippen molar-refractivity contribution in [2.45, 2.75) is 19.4 Å². The first-order valence-corrected chi connectivity index (χ1v) is 6.85. The number of morpholine rings is 1. The van der Waals surface area contributed by atoms with E-state index in [0.717, 1.165) is 0 Å². The summed E-state index contributed by atoms with van der Waals surface area (Å²) < 4.78 is 18.7. The van der Waals surface area contributed by atoms with Crippen LogP contribution < -0.4 is 0 Å². The molecule has 21 heavy (non-hydrogen) atoms. The van der Waals surface area contributed by atoms with Gasteiger partial charge in [0.15, 0.2) is 6.10 Å². The van der Waals surface area contributed by atoms with Crippen molar-refractivity contribution in [1.82, 2.24) is 4.90 Å². The van der Waals surface area contributed by atoms with Gasteiger partial charge in [-0.05, 0) is 18.1 Å². The maximum absolute atomic E-state index is 13.6. The van der Waals surface area contributed by atoms with Crippen LogP contribution in [-0.2, 0) is 20.7 Å². The summed E-state index contributed by atoms with van der Waals surface area (Å²) in [5, 5.41) is 8.94. The van der Waals surface area contributed by atoms with E-state index < -0.39 is 18.0 Å². The van der Waals surface area contributed by atoms with Crippen molar-refractivity contribution in [3.63, 3.8) is 0 Å². The summed E-state index contributed by atoms with van der Waals surface area (Å²) in [5.74, 6) is -1.99. The number of halogens is 1. The van der Waals surface area contributed by atoms with Crippen molar-refractivity contribution in [2.24, 2.45) is 5.92 Å². The molecule has 1 saturated heterocycles. The molecule has 0 aromatic heterocycles. The number of benzene rings is 1. The van der Waals surface area contributed by atoms with Crippen molar-refractivity contribution >= 4 is 11.9 Å². The summed E-state index contributed by atoms with van der Waals surface area (Å²) in [6.45, 7) is 2.33. The van der Waals surface area contributed by atoms with E-state index in [-0.39, 0.29) is 24.9 Å². The minimum absolute atomic E-state index is 0.0375. The average Bonchev–Trinajstić information content (AvgIpc) is 2.49. The molecule has 114 valence electrons. The molecule has 0 bridgehead atoms. The Balaban J connectivity index is 1.99. The molecule has 0 spiro atoms. The van der Waals surface area contributed by atoms with Gasteiger partial charge in [-0.25, -0.2) is 9.18 Å². The first-order chi connectivity index (χ1) is 9.99. The summed E-state index contributed by atoms with van der Waals surface area (Å²) in [6.07, 6.45) is -0.691. The van der Waals surface area contributed by atoms with Crippen molar-refractivity contribution < 1.29 is 23.8 Å². The minimum atomic E-state index is -1.07. The van der Waals surface area contributed by atoms with Crippen LogP contribution in [0.15, 0.2) is 24.3 Å². The third-order valence-electron chi connectivity index (χ3n) is 3.56. The van der Waals surface area contributed by atoms with Crippen molar-refractivity contribution in [3.05, 3.63) is 35.6 Å². The topological polar surface area (TPSA) is 66.8 Å². The number of hydrogen-bond donors (Lipinski definition) is 1. The fourth-order valence-corrected chi connectivity index (χ4v) is 2.39. The molecule has 0 radical (unpaired) electrons. The zero-order valence-electron chi connectivity index (χ0n) is 11.8. The van der Waals surface area contributed by atoms with E-state index >= 15 is 0 Å². The Morgan fingerprint density at radius 3 is 2.86 bits per heavy atom. The highest BCUT2D eigenvalue weighted by Gasteiger charge is 2.31. The number of nitrogens with zero attached hydrogens (tertiary/aromatic N) is 1. The zero-order chi connectivity index (χ0) is 15.4. The van der Waals surface area contributed by atoms with Gasteiger partial charge in [-0.1, -0.05) is 25.1 Å². The SMILES string of the molecule is C[C@@H](Cc1ccccc1F)C(=O)N1CCO[C@H](C(=O)O)C1. The average molecular weight is 295 g/mol. The number of carbonyl (C=O) groups excluding carboxylic acids is 1. The number of ether oxygens (including phenoxy) is 1. The van der Waals surface area contributed by atoms with Crippen LogP contribution in [0.5, 0.6) is 0 Å². The van der Waals surface area contributed by atoms with Gasteiger partial charge in [0, 0.05) is 12.5 Å². The van der Waals surface area contributed by atoms with Crippen LogP contribution in [0.25, 0.3) is 0 Å². The number of carboxylic acid groups (broad SMARTS) is 1. The fraction of sp³-hybridized carbons (Fsp3) is 0.467. The molecular formula is C15H18FNO4. The molecule has 5 nitrogen and oxygen atoms in total. The second-order valence-corrected chi connectivity index (χ2v) is 5.18. The normalized spacial score (nSPS) is 20.1. The molecule has 2 rings (SSSR count). The summed E-state index contributed by atoms with van der Waals surface area (Å²) in [7, 11) is 0. The molecule has 1 aromatic rings. The summed E-state index contributed by atoms with van der Waals surface area (Å²) in [5.41, 5.74) is 0.487. The van der Waals surface area contributed by atoms with Crippen molar-refractivity contribution in [2.75, 3.05) is 19.7 Å². The Morgan fingerprint density at radius 2 is 2.19 bits per heavy atom. The number of rotatable bonds is 4. The maximum atomic E-state index is 13.6. The lowest BCUT2D eigenvalue weighted by atomic mass is 9.99. The van der Waals surface area contributed by atoms with Gasteiger partial charge in [0.25, 0.3) is 0 Å². The number of hydrogen-bond acceptors (Lipinski definition) is 3. The number of aliphatic carboxylic acids is 1. The lowest BCUT2D eigenvalue weighted by Crippen LogP contribution is -2.50. The number of amides is 1. The Morgan fingerprint density at radius 1 is 1.48 bits per heavy atom. The molecule has 1 aromatic carbocycles. The van der Waals surface area contributed by atoms with Crippen LogP contribution in [0.3, 0.4) is 0 Å². The molecule has 1 amide bonds. The molecule has 1 aliphatic rings. The smallest absolute Gasteiger partial charge is 0.334 e. The predicted octanol–water partition coefficient (Wildman–Crippen LogP) is 1.32. The molecule has 2 atom stereocenters. The highest BCUT2D eigenvalue weighted by molar-refractivity contribution is 5.80. The van der Waals surface area contributed by atoms with Gasteiger partial charge in [0.1, 0.15) is 5.82 Å². The summed E-state index contributed by atoms with van der Waals surface area (Å²) in [4.78, 5) is 24.7. The molecule has 1 heterocycles. The number of carbonyl (C=O) groups is 2. The van der Waals surface area contributed by atoms with E-state index in [1.165, 1.54) is 11.0 Å². The standard InChI is InChI=1S/C15H18FNO4/c1-10(8-11-4-2-3-5-12(11)16)14(18)17-6-7-21-13(9-17)15(19)20/h2-5,10,13H,6-9H2,1H3,(H,19,20)/t10-,13-/m0/s1. The lowest BCUT2D eigenvalue weighted by molar-refractivity contribution is -0.160. The molecule has 1 fully saturated rings. The van der Waals surface area contributed by atoms with Crippen molar-refractivity contribution in [1.29, 1.82) is 0 Å². The Labute approximate surface area is 122 Å². The Bertz CT molecular complexity index is 534. The largest absolute Gasteiger partial charge is 0.479 e. The van der Waals surface area contributed by atoms with E-state index in [9.17, 15) is 14.0 Å². The molecule has 0 unspecified atom stereocenters. The predicted molar refractivity (Wildman–Crippen MR) is 73.2 cm³/mol. The second kappa shape index (κ2) is 6.67. The summed E-state index contributed by atoms with van der Waals surface area (Å²) in [6, 6.07) is 6.34. The van der Waals surface area contributed by atoms with Crippen LogP contribution in [0.4, 0.5) is 4.39 Å².